The van der Waals surface area contributed by atoms with E-state index >= 15 is 0 Å². The minimum absolute atomic E-state index is 0.243. The highest BCUT2D eigenvalue weighted by atomic mass is 16.6. The molecule has 0 bridgehead atoms. The monoisotopic (exact) mass is 262 g/mol. The summed E-state index contributed by atoms with van der Waals surface area (Å²) < 4.78 is 11.3. The molecule has 0 amide bonds. The molecular weight excluding hydrogens is 240 g/mol. The van der Waals surface area contributed by atoms with Crippen molar-refractivity contribution < 1.29 is 9.47 Å². The van der Waals surface area contributed by atoms with Crippen LogP contribution in [-0.2, 0) is 0 Å². The molecule has 0 radical (unpaired) electrons. The Kier molecular flexibility index (Phi) is 3.15. The number of hydrogen-bond acceptors (Lipinski definition) is 4. The van der Waals surface area contributed by atoms with Crippen LogP contribution in [0.4, 0.5) is 0 Å². The largest absolute Gasteiger partial charge is 0.486 e. The van der Waals surface area contributed by atoms with Gasteiger partial charge < -0.3 is 20.1 Å². The van der Waals surface area contributed by atoms with Crippen molar-refractivity contribution in [2.75, 3.05) is 33.9 Å². The molecule has 1 saturated carbocycles. The van der Waals surface area contributed by atoms with Crippen molar-refractivity contribution in [3.63, 3.8) is 0 Å². The fourth-order valence-electron chi connectivity index (χ4n) is 3.18. The average Bonchev–Trinajstić information content (AvgIpc) is 3.19. The predicted molar refractivity (Wildman–Crippen MR) is 74.6 cm³/mol. The van der Waals surface area contributed by atoms with Crippen molar-refractivity contribution in [1.82, 2.24) is 4.90 Å². The van der Waals surface area contributed by atoms with E-state index in [4.69, 9.17) is 15.2 Å². The second-order valence-electron chi connectivity index (χ2n) is 5.84. The molecule has 1 aliphatic heterocycles. The molecule has 3 rings (SSSR count). The van der Waals surface area contributed by atoms with Crippen LogP contribution in [0, 0.1) is 5.41 Å². The number of nitrogens with two attached hydrogens (primary N) is 1. The van der Waals surface area contributed by atoms with Crippen molar-refractivity contribution >= 4 is 0 Å². The van der Waals surface area contributed by atoms with Gasteiger partial charge in [-0.15, -0.1) is 0 Å². The third kappa shape index (κ3) is 2.19. The molecular formula is C15H22N2O2. The van der Waals surface area contributed by atoms with E-state index < -0.39 is 0 Å². The first-order valence-corrected chi connectivity index (χ1v) is 6.92. The van der Waals surface area contributed by atoms with Crippen LogP contribution < -0.4 is 15.2 Å². The molecule has 0 aromatic heterocycles. The molecule has 4 heteroatoms. The van der Waals surface area contributed by atoms with Crippen molar-refractivity contribution in [1.29, 1.82) is 0 Å². The van der Waals surface area contributed by atoms with E-state index in [0.717, 1.165) is 18.0 Å². The average molecular weight is 262 g/mol. The zero-order valence-electron chi connectivity index (χ0n) is 11.7. The van der Waals surface area contributed by atoms with Gasteiger partial charge in [-0.1, -0.05) is 6.07 Å². The van der Waals surface area contributed by atoms with E-state index in [-0.39, 0.29) is 5.41 Å². The van der Waals surface area contributed by atoms with E-state index in [1.165, 1.54) is 18.4 Å². The van der Waals surface area contributed by atoms with Crippen LogP contribution in [0.15, 0.2) is 18.2 Å². The third-order valence-electron chi connectivity index (χ3n) is 4.28. The fourth-order valence-corrected chi connectivity index (χ4v) is 3.18. The predicted octanol–water partition coefficient (Wildman–Crippen LogP) is 1.80. The molecule has 19 heavy (non-hydrogen) atoms. The summed E-state index contributed by atoms with van der Waals surface area (Å²) >= 11 is 0. The number of nitrogens with zero attached hydrogens (tertiary/aromatic N) is 1. The lowest BCUT2D eigenvalue weighted by molar-refractivity contribution is 0.168. The number of ether oxygens (including phenoxy) is 2. The maximum absolute atomic E-state index is 6.00. The van der Waals surface area contributed by atoms with Crippen molar-refractivity contribution in [3.05, 3.63) is 23.8 Å². The van der Waals surface area contributed by atoms with Crippen LogP contribution in [0.3, 0.4) is 0 Å². The minimum atomic E-state index is 0.243. The molecule has 104 valence electrons. The summed E-state index contributed by atoms with van der Waals surface area (Å²) in [6, 6.07) is 6.64. The highest BCUT2D eigenvalue weighted by Crippen LogP contribution is 2.56. The summed E-state index contributed by atoms with van der Waals surface area (Å²) in [4.78, 5) is 2.27. The van der Waals surface area contributed by atoms with Crippen LogP contribution in [0.1, 0.15) is 24.4 Å². The highest BCUT2D eigenvalue weighted by Gasteiger charge is 2.49. The van der Waals surface area contributed by atoms with E-state index in [1.54, 1.807) is 0 Å². The maximum atomic E-state index is 6.00. The lowest BCUT2D eigenvalue weighted by Gasteiger charge is -2.33. The van der Waals surface area contributed by atoms with Gasteiger partial charge in [0.1, 0.15) is 13.2 Å². The molecule has 2 N–H and O–H groups in total. The molecule has 1 unspecified atom stereocenters. The third-order valence-corrected chi connectivity index (χ3v) is 4.28. The molecule has 4 nitrogen and oxygen atoms in total. The number of fused-ring (bicyclic) bond motifs is 1. The number of rotatable bonds is 4. The highest BCUT2D eigenvalue weighted by molar-refractivity contribution is 5.45. The quantitative estimate of drug-likeness (QED) is 0.899. The number of benzene rings is 1. The van der Waals surface area contributed by atoms with Crippen molar-refractivity contribution in [2.24, 2.45) is 11.1 Å². The maximum Gasteiger partial charge on any atom is 0.161 e. The fraction of sp³-hybridized carbons (Fsp3) is 0.600. The standard InChI is InChI=1S/C15H22N2O2/c1-17(2)14(15(10-16)5-6-15)11-3-4-12-13(9-11)19-8-7-18-12/h3-4,9,14H,5-8,10,16H2,1-2H3. The Bertz CT molecular complexity index is 469. The Morgan fingerprint density at radius 1 is 1.21 bits per heavy atom. The van der Waals surface area contributed by atoms with E-state index in [1.807, 2.05) is 6.07 Å². The van der Waals surface area contributed by atoms with Crippen LogP contribution in [-0.4, -0.2) is 38.8 Å². The lowest BCUT2D eigenvalue weighted by atomic mass is 9.89. The molecule has 0 spiro atoms. The smallest absolute Gasteiger partial charge is 0.161 e. The van der Waals surface area contributed by atoms with Gasteiger partial charge in [-0.05, 0) is 51.2 Å². The summed E-state index contributed by atoms with van der Waals surface area (Å²) in [5, 5.41) is 0. The van der Waals surface area contributed by atoms with Crippen LogP contribution in [0.25, 0.3) is 0 Å². The van der Waals surface area contributed by atoms with Gasteiger partial charge in [0.25, 0.3) is 0 Å². The molecule has 1 atom stereocenters. The zero-order valence-corrected chi connectivity index (χ0v) is 11.7. The Labute approximate surface area is 114 Å². The summed E-state index contributed by atoms with van der Waals surface area (Å²) in [5.74, 6) is 1.72. The molecule has 1 aliphatic carbocycles. The summed E-state index contributed by atoms with van der Waals surface area (Å²) in [6.45, 7) is 2.01. The molecule has 0 saturated heterocycles. The van der Waals surface area contributed by atoms with Gasteiger partial charge in [-0.3, -0.25) is 0 Å². The van der Waals surface area contributed by atoms with E-state index in [9.17, 15) is 0 Å². The molecule has 1 fully saturated rings. The SMILES string of the molecule is CN(C)C(c1ccc2c(c1)OCCO2)C1(CN)CC1. The van der Waals surface area contributed by atoms with Crippen molar-refractivity contribution in [2.45, 2.75) is 18.9 Å². The number of hydrogen-bond donors (Lipinski definition) is 1. The van der Waals surface area contributed by atoms with Gasteiger partial charge in [0.15, 0.2) is 11.5 Å². The second kappa shape index (κ2) is 4.69. The summed E-state index contributed by atoms with van der Waals surface area (Å²) in [7, 11) is 4.24. The van der Waals surface area contributed by atoms with Gasteiger partial charge in [-0.25, -0.2) is 0 Å². The zero-order chi connectivity index (χ0) is 13.5. The Balaban J connectivity index is 1.95. The van der Waals surface area contributed by atoms with Gasteiger partial charge in [-0.2, -0.15) is 0 Å². The Hall–Kier alpha value is -1.26. The van der Waals surface area contributed by atoms with Gasteiger partial charge in [0.05, 0.1) is 0 Å². The minimum Gasteiger partial charge on any atom is -0.486 e. The van der Waals surface area contributed by atoms with E-state index in [2.05, 4.69) is 31.1 Å². The second-order valence-corrected chi connectivity index (χ2v) is 5.84. The normalized spacial score (nSPS) is 21.3. The van der Waals surface area contributed by atoms with E-state index in [0.29, 0.717) is 19.3 Å². The van der Waals surface area contributed by atoms with Crippen LogP contribution in [0.5, 0.6) is 11.5 Å². The first kappa shape index (κ1) is 12.8. The topological polar surface area (TPSA) is 47.7 Å². The first-order valence-electron chi connectivity index (χ1n) is 6.92. The first-order chi connectivity index (χ1) is 9.16. The Morgan fingerprint density at radius 3 is 2.47 bits per heavy atom. The van der Waals surface area contributed by atoms with Crippen LogP contribution in [0.2, 0.25) is 0 Å². The van der Waals surface area contributed by atoms with Crippen molar-refractivity contribution in [3.8, 4) is 11.5 Å². The Morgan fingerprint density at radius 2 is 1.89 bits per heavy atom. The summed E-state index contributed by atoms with van der Waals surface area (Å²) in [5.41, 5.74) is 7.52. The lowest BCUT2D eigenvalue weighted by Crippen LogP contribution is -2.33. The van der Waals surface area contributed by atoms with Gasteiger partial charge >= 0.3 is 0 Å². The summed E-state index contributed by atoms with van der Waals surface area (Å²) in [6.07, 6.45) is 2.42. The molecule has 1 aromatic rings. The van der Waals surface area contributed by atoms with Crippen LogP contribution >= 0.6 is 0 Å². The molecule has 1 aromatic carbocycles. The van der Waals surface area contributed by atoms with Gasteiger partial charge in [0, 0.05) is 11.5 Å². The molecule has 1 heterocycles. The molecule has 2 aliphatic rings. The van der Waals surface area contributed by atoms with Gasteiger partial charge in [0.2, 0.25) is 0 Å².